The lowest BCUT2D eigenvalue weighted by atomic mass is 9.97. The topological polar surface area (TPSA) is 67.1 Å². The molecule has 0 radical (unpaired) electrons. The molecular weight excluding hydrogens is 446 g/mol. The first-order chi connectivity index (χ1) is 16.5. The Morgan fingerprint density at radius 3 is 2.50 bits per heavy atom. The predicted molar refractivity (Wildman–Crippen MR) is 140 cm³/mol. The number of rotatable bonds is 4. The van der Waals surface area contributed by atoms with Crippen molar-refractivity contribution in [3.8, 4) is 11.5 Å². The third kappa shape index (κ3) is 4.06. The molecule has 7 nitrogen and oxygen atoms in total. The van der Waals surface area contributed by atoms with Crippen molar-refractivity contribution in [1.82, 2.24) is 30.0 Å². The molecule has 2 aromatic carbocycles. The summed E-state index contributed by atoms with van der Waals surface area (Å²) >= 11 is 6.12. The van der Waals surface area contributed by atoms with E-state index in [0.29, 0.717) is 5.02 Å². The van der Waals surface area contributed by atoms with Crippen LogP contribution in [0.25, 0.3) is 33.5 Å². The van der Waals surface area contributed by atoms with E-state index in [1.165, 1.54) is 44.5 Å². The van der Waals surface area contributed by atoms with Crippen molar-refractivity contribution in [2.24, 2.45) is 0 Å². The Morgan fingerprint density at radius 1 is 0.941 bits per heavy atom. The number of likely N-dealkylation sites (tertiary alicyclic amines) is 1. The maximum absolute atomic E-state index is 6.12. The average molecular weight is 478 g/mol. The number of nitrogens with zero attached hydrogens (tertiary/aromatic N) is 5. The van der Waals surface area contributed by atoms with Gasteiger partial charge >= 0.3 is 0 Å². The Hall–Kier alpha value is -2.61. The van der Waals surface area contributed by atoms with Crippen molar-refractivity contribution < 1.29 is 0 Å². The van der Waals surface area contributed by atoms with Gasteiger partial charge in [-0.25, -0.2) is 4.98 Å². The molecule has 34 heavy (non-hydrogen) atoms. The van der Waals surface area contributed by atoms with Crippen LogP contribution in [0, 0.1) is 0 Å². The summed E-state index contributed by atoms with van der Waals surface area (Å²) in [5.41, 5.74) is 5.00. The molecule has 0 unspecified atom stereocenters. The number of H-pyrrole nitrogens is 2. The molecule has 0 bridgehead atoms. The second-order valence-corrected chi connectivity index (χ2v) is 10.4. The maximum atomic E-state index is 6.12. The zero-order chi connectivity index (χ0) is 23.2. The minimum absolute atomic E-state index is 0.693. The van der Waals surface area contributed by atoms with Gasteiger partial charge in [-0.15, -0.1) is 0 Å². The fourth-order valence-corrected chi connectivity index (χ4v) is 5.90. The van der Waals surface area contributed by atoms with Crippen LogP contribution in [0.1, 0.15) is 25.7 Å². The van der Waals surface area contributed by atoms with Gasteiger partial charge in [0.25, 0.3) is 0 Å². The predicted octanol–water partition coefficient (Wildman–Crippen LogP) is 4.75. The highest BCUT2D eigenvalue weighted by molar-refractivity contribution is 6.31. The first-order valence-corrected chi connectivity index (χ1v) is 12.7. The Kier molecular flexibility index (Phi) is 5.71. The summed E-state index contributed by atoms with van der Waals surface area (Å²) < 4.78 is 0. The molecule has 2 saturated heterocycles. The minimum Gasteiger partial charge on any atom is -0.371 e. The molecule has 2 N–H and O–H groups in total. The van der Waals surface area contributed by atoms with Crippen LogP contribution in [0.2, 0.25) is 5.02 Å². The Morgan fingerprint density at radius 2 is 1.74 bits per heavy atom. The number of halogens is 1. The van der Waals surface area contributed by atoms with Crippen molar-refractivity contribution in [3.63, 3.8) is 0 Å². The lowest BCUT2D eigenvalue weighted by molar-refractivity contribution is 0.0961. The molecule has 4 heterocycles. The van der Waals surface area contributed by atoms with E-state index in [4.69, 9.17) is 16.6 Å². The number of benzene rings is 2. The summed E-state index contributed by atoms with van der Waals surface area (Å²) in [5, 5.41) is 9.26. The van der Waals surface area contributed by atoms with E-state index < -0.39 is 0 Å². The first-order valence-electron chi connectivity index (χ1n) is 12.3. The summed E-state index contributed by atoms with van der Waals surface area (Å²) in [4.78, 5) is 16.0. The Balaban J connectivity index is 1.15. The van der Waals surface area contributed by atoms with Gasteiger partial charge in [-0.1, -0.05) is 11.6 Å². The van der Waals surface area contributed by atoms with Gasteiger partial charge in [0, 0.05) is 41.3 Å². The number of aromatic amines is 2. The second kappa shape index (κ2) is 8.87. The lowest BCUT2D eigenvalue weighted by Crippen LogP contribution is -2.50. The normalized spacial score (nSPS) is 19.1. The van der Waals surface area contributed by atoms with Crippen LogP contribution in [0.15, 0.2) is 36.4 Å². The summed E-state index contributed by atoms with van der Waals surface area (Å²) in [6.45, 7) is 4.69. The highest BCUT2D eigenvalue weighted by atomic mass is 35.5. The van der Waals surface area contributed by atoms with Crippen LogP contribution >= 0.6 is 11.6 Å². The third-order valence-corrected chi connectivity index (χ3v) is 8.03. The van der Waals surface area contributed by atoms with Crippen molar-refractivity contribution in [2.45, 2.75) is 37.8 Å². The van der Waals surface area contributed by atoms with Crippen LogP contribution in [-0.4, -0.2) is 82.3 Å². The second-order valence-electron chi connectivity index (χ2n) is 10.00. The average Bonchev–Trinajstić information content (AvgIpc) is 3.47. The molecule has 2 fully saturated rings. The van der Waals surface area contributed by atoms with Crippen molar-refractivity contribution in [1.29, 1.82) is 0 Å². The molecule has 8 heteroatoms. The van der Waals surface area contributed by atoms with Gasteiger partial charge in [-0.3, -0.25) is 5.10 Å². The van der Waals surface area contributed by atoms with Gasteiger partial charge in [-0.2, -0.15) is 5.10 Å². The molecule has 2 aliphatic rings. The number of fused-ring (bicyclic) bond motifs is 2. The van der Waals surface area contributed by atoms with Gasteiger partial charge < -0.3 is 19.7 Å². The number of imidazole rings is 1. The fraction of sp³-hybridized carbons (Fsp3) is 0.462. The lowest BCUT2D eigenvalue weighted by Gasteiger charge is -2.43. The summed E-state index contributed by atoms with van der Waals surface area (Å²) in [6.07, 6.45) is 5.06. The Bertz CT molecular complexity index is 1290. The number of hydrogen-bond acceptors (Lipinski definition) is 5. The van der Waals surface area contributed by atoms with E-state index >= 15 is 0 Å². The molecule has 6 rings (SSSR count). The highest BCUT2D eigenvalue weighted by Gasteiger charge is 2.29. The zero-order valence-electron chi connectivity index (χ0n) is 19.9. The monoisotopic (exact) mass is 477 g/mol. The molecule has 2 aliphatic heterocycles. The molecule has 0 aliphatic carbocycles. The van der Waals surface area contributed by atoms with Crippen LogP contribution in [-0.2, 0) is 0 Å². The quantitative estimate of drug-likeness (QED) is 0.444. The van der Waals surface area contributed by atoms with Gasteiger partial charge in [0.2, 0.25) is 0 Å². The Labute approximate surface area is 205 Å². The van der Waals surface area contributed by atoms with Gasteiger partial charge in [-0.05, 0) is 89.3 Å². The molecule has 0 amide bonds. The molecule has 0 spiro atoms. The van der Waals surface area contributed by atoms with Crippen molar-refractivity contribution in [2.75, 3.05) is 45.2 Å². The summed E-state index contributed by atoms with van der Waals surface area (Å²) in [6, 6.07) is 13.8. The van der Waals surface area contributed by atoms with E-state index in [9.17, 15) is 0 Å². The van der Waals surface area contributed by atoms with Gasteiger partial charge in [0.15, 0.2) is 5.82 Å². The molecular formula is C26H32ClN7. The number of nitrogens with one attached hydrogen (secondary N) is 2. The first kappa shape index (κ1) is 21.9. The van der Waals surface area contributed by atoms with Crippen LogP contribution < -0.4 is 4.90 Å². The molecule has 0 saturated carbocycles. The standard InChI is InChI=1S/C26H32ClN7/c1-32(2)18-7-11-33(12-8-18)19-9-13-34(14-10-19)20-4-6-22-24(16-20)29-26(28-22)25-21-5-3-17(27)15-23(21)30-31-25/h3-6,15-16,18-19H,7-14H2,1-2H3,(H,28,29)(H,30,31). The minimum atomic E-state index is 0.693. The molecule has 2 aromatic heterocycles. The number of anilines is 1. The van der Waals surface area contributed by atoms with Crippen molar-refractivity contribution in [3.05, 3.63) is 41.4 Å². The van der Waals surface area contributed by atoms with Gasteiger partial charge in [0.05, 0.1) is 16.6 Å². The molecule has 178 valence electrons. The zero-order valence-corrected chi connectivity index (χ0v) is 20.6. The van der Waals surface area contributed by atoms with E-state index in [-0.39, 0.29) is 0 Å². The van der Waals surface area contributed by atoms with Crippen molar-refractivity contribution >= 4 is 39.2 Å². The SMILES string of the molecule is CN(C)C1CCN(C2CCN(c3ccc4[nH]c(-c5n[nH]c6cc(Cl)ccc56)nc4c3)CC2)CC1. The van der Waals surface area contributed by atoms with E-state index in [1.54, 1.807) is 0 Å². The van der Waals surface area contributed by atoms with E-state index in [1.807, 2.05) is 18.2 Å². The maximum Gasteiger partial charge on any atom is 0.159 e. The summed E-state index contributed by atoms with van der Waals surface area (Å²) in [7, 11) is 4.43. The molecule has 0 atom stereocenters. The number of hydrogen-bond donors (Lipinski definition) is 2. The molecule has 4 aromatic rings. The van der Waals surface area contributed by atoms with Crippen LogP contribution in [0.5, 0.6) is 0 Å². The van der Waals surface area contributed by atoms with Crippen LogP contribution in [0.3, 0.4) is 0 Å². The van der Waals surface area contributed by atoms with E-state index in [2.05, 4.69) is 62.2 Å². The largest absolute Gasteiger partial charge is 0.371 e. The highest BCUT2D eigenvalue weighted by Crippen LogP contribution is 2.31. The van der Waals surface area contributed by atoms with Gasteiger partial charge in [0.1, 0.15) is 5.69 Å². The summed E-state index contributed by atoms with van der Waals surface area (Å²) in [5.74, 6) is 0.778. The van der Waals surface area contributed by atoms with Crippen LogP contribution in [0.4, 0.5) is 5.69 Å². The number of aromatic nitrogens is 4. The fourth-order valence-electron chi connectivity index (χ4n) is 5.73. The van der Waals surface area contributed by atoms with E-state index in [0.717, 1.165) is 58.6 Å². The number of piperidine rings is 2. The third-order valence-electron chi connectivity index (χ3n) is 7.79. The smallest absolute Gasteiger partial charge is 0.159 e.